The van der Waals surface area contributed by atoms with E-state index < -0.39 is 16.5 Å². The van der Waals surface area contributed by atoms with E-state index in [1.807, 2.05) is 18.2 Å². The number of hydrogen-bond acceptors (Lipinski definition) is 10. The van der Waals surface area contributed by atoms with Gasteiger partial charge in [0.2, 0.25) is 0 Å². The predicted octanol–water partition coefficient (Wildman–Crippen LogP) is 2.44. The molecular formula is C35H42N2O10S. The van der Waals surface area contributed by atoms with Gasteiger partial charge in [-0.1, -0.05) is 30.4 Å². The first kappa shape index (κ1) is 32.0. The largest absolute Gasteiger partial charge is 0.504 e. The second kappa shape index (κ2) is 10.9. The molecule has 1 aromatic carbocycles. The fourth-order valence-electron chi connectivity index (χ4n) is 11.1. The van der Waals surface area contributed by atoms with Crippen LogP contribution in [0.1, 0.15) is 30.4 Å². The molecule has 48 heavy (non-hydrogen) atoms. The predicted molar refractivity (Wildman–Crippen MR) is 173 cm³/mol. The molecule has 2 unspecified atom stereocenters. The number of phenolic OH excluding ortho intramolecular Hbond substituents is 1. The highest BCUT2D eigenvalue weighted by Gasteiger charge is 2.70. The third kappa shape index (κ3) is 4.37. The Bertz CT molecular complexity index is 1780. The van der Waals surface area contributed by atoms with Gasteiger partial charge in [0, 0.05) is 46.2 Å². The molecule has 4 fully saturated rings. The Kier molecular flexibility index (Phi) is 7.27. The number of methoxy groups -OCH3 is 1. The number of ether oxygens (including phenoxy) is 3. The minimum absolute atomic E-state index is 0.0597. The lowest BCUT2D eigenvalue weighted by Gasteiger charge is -2.59. The molecule has 10 rings (SSSR count). The zero-order chi connectivity index (χ0) is 33.9. The van der Waals surface area contributed by atoms with Gasteiger partial charge in [-0.25, -0.2) is 0 Å². The van der Waals surface area contributed by atoms with E-state index in [0.29, 0.717) is 41.5 Å². The first-order valence-electron chi connectivity index (χ1n) is 16.6. The standard InChI is InChI=1S/C18H21NO3.C17H19NO3.H2O4S/c1-19-8-7-18-11-4-5-13(20)17(18)22-16-14(21-2)6-3-10(15(16)18)9-12(11)19;1-18-7-6-17-10-3-5-13(20)16(17)21-15-12(19)4-2-9(14(15)17)8-11(10)18;1-5(2,3)4/h3-6,10-12,15,17H,7-9H2,1-2H3;2-5,10-11,13,16,19-20H,6-8H2,1H3;(H2,1,2,3,4)/t10?,11-,12+,15?,17-,18-;10-,11+,13-,16-,17-;/m00./s1. The van der Waals surface area contributed by atoms with Crippen LogP contribution in [0.5, 0.6) is 11.5 Å². The summed E-state index contributed by atoms with van der Waals surface area (Å²) in [6.07, 6.45) is 15.3. The number of aliphatic hydroxyl groups excluding tert-OH is 1. The average Bonchev–Trinajstić information content (AvgIpc) is 3.58. The van der Waals surface area contributed by atoms with E-state index in [0.717, 1.165) is 50.3 Å². The number of nitrogens with zero attached hydrogens (tertiary/aromatic N) is 2. The van der Waals surface area contributed by atoms with Crippen LogP contribution < -0.4 is 4.74 Å². The highest BCUT2D eigenvalue weighted by Crippen LogP contribution is 2.67. The second-order valence-corrected chi connectivity index (χ2v) is 15.6. The molecule has 258 valence electrons. The summed E-state index contributed by atoms with van der Waals surface area (Å²) in [6.45, 7) is 2.06. The Hall–Kier alpha value is -3.20. The Morgan fingerprint density at radius 1 is 0.958 bits per heavy atom. The van der Waals surface area contributed by atoms with Crippen LogP contribution in [0.25, 0.3) is 0 Å². The summed E-state index contributed by atoms with van der Waals surface area (Å²) < 4.78 is 49.5. The Morgan fingerprint density at radius 3 is 2.44 bits per heavy atom. The Morgan fingerprint density at radius 2 is 1.69 bits per heavy atom. The molecule has 12 nitrogen and oxygen atoms in total. The first-order chi connectivity index (χ1) is 22.8. The van der Waals surface area contributed by atoms with Gasteiger partial charge in [0.15, 0.2) is 29.1 Å². The number of aliphatic hydroxyl groups is 1. The van der Waals surface area contributed by atoms with Crippen LogP contribution in [0.2, 0.25) is 0 Å². The van der Waals surface area contributed by atoms with Gasteiger partial charge in [-0.05, 0) is 82.6 Å². The molecule has 0 amide bonds. The normalized spacial score (nSPS) is 42.0. The van der Waals surface area contributed by atoms with E-state index in [1.165, 1.54) is 11.1 Å². The summed E-state index contributed by atoms with van der Waals surface area (Å²) in [5.41, 5.74) is 2.23. The number of likely N-dealkylation sites (tertiary alicyclic amines) is 2. The van der Waals surface area contributed by atoms with Crippen molar-refractivity contribution >= 4 is 16.2 Å². The molecule has 0 radical (unpaired) electrons. The van der Waals surface area contributed by atoms with Crippen molar-refractivity contribution in [1.29, 1.82) is 0 Å². The lowest BCUT2D eigenvalue weighted by molar-refractivity contribution is -0.140. The lowest BCUT2D eigenvalue weighted by Crippen LogP contribution is -2.64. The zero-order valence-corrected chi connectivity index (χ0v) is 27.9. The molecule has 1 saturated carbocycles. The van der Waals surface area contributed by atoms with E-state index in [4.69, 9.17) is 31.7 Å². The molecule has 4 heterocycles. The molecule has 4 aliphatic heterocycles. The van der Waals surface area contributed by atoms with Crippen molar-refractivity contribution in [2.75, 3.05) is 34.3 Å². The zero-order valence-electron chi connectivity index (χ0n) is 27.1. The summed E-state index contributed by atoms with van der Waals surface area (Å²) in [5.74, 6) is 4.26. The maximum Gasteiger partial charge on any atom is 0.394 e. The summed E-state index contributed by atoms with van der Waals surface area (Å²) in [6, 6.07) is 4.74. The highest BCUT2D eigenvalue weighted by atomic mass is 32.3. The van der Waals surface area contributed by atoms with Gasteiger partial charge in [-0.3, -0.25) is 13.9 Å². The molecule has 5 aliphatic carbocycles. The molecular weight excluding hydrogens is 640 g/mol. The molecule has 4 N–H and O–H groups in total. The molecule has 2 spiro atoms. The van der Waals surface area contributed by atoms with Crippen molar-refractivity contribution < 1.29 is 46.7 Å². The van der Waals surface area contributed by atoms with Crippen LogP contribution >= 0.6 is 0 Å². The van der Waals surface area contributed by atoms with Crippen LogP contribution in [0.15, 0.2) is 60.1 Å². The van der Waals surface area contributed by atoms with Crippen molar-refractivity contribution in [3.05, 3.63) is 71.2 Å². The van der Waals surface area contributed by atoms with Crippen LogP contribution in [0.3, 0.4) is 0 Å². The smallest absolute Gasteiger partial charge is 0.394 e. The van der Waals surface area contributed by atoms with E-state index in [-0.39, 0.29) is 34.6 Å². The molecule has 0 aromatic heterocycles. The van der Waals surface area contributed by atoms with Crippen molar-refractivity contribution in [3.8, 4) is 11.5 Å². The number of benzene rings is 1. The van der Waals surface area contributed by atoms with Gasteiger partial charge >= 0.3 is 10.4 Å². The number of ketones is 1. The summed E-state index contributed by atoms with van der Waals surface area (Å²) in [5, 5.41) is 20.6. The minimum Gasteiger partial charge on any atom is -0.504 e. The van der Waals surface area contributed by atoms with Crippen molar-refractivity contribution in [2.24, 2.45) is 29.1 Å². The van der Waals surface area contributed by atoms with Gasteiger partial charge in [0.25, 0.3) is 0 Å². The SMILES string of the molecule is CN1CC[C@]23c4c5ccc(O)c4O[C@H]2[C@@H](O)C=C[C@H]3[C@H]1C5.COC1=C2O[C@H]3C(=O)C=C[C@H]4[C@H]5CC(C=C1)C2[C@@]34CCN5C.O=S(=O)(O)O. The third-order valence-corrected chi connectivity index (χ3v) is 12.9. The number of aromatic hydroxyl groups is 1. The fourth-order valence-corrected chi connectivity index (χ4v) is 11.1. The summed E-state index contributed by atoms with van der Waals surface area (Å²) in [7, 11) is 1.43. The number of hydrogen-bond donors (Lipinski definition) is 4. The summed E-state index contributed by atoms with van der Waals surface area (Å²) in [4.78, 5) is 17.5. The molecule has 1 aromatic rings. The van der Waals surface area contributed by atoms with E-state index in [9.17, 15) is 15.0 Å². The maximum atomic E-state index is 12.6. The van der Waals surface area contributed by atoms with Gasteiger partial charge in [0.1, 0.15) is 18.0 Å². The molecule has 4 bridgehead atoms. The van der Waals surface area contributed by atoms with Crippen molar-refractivity contribution in [1.82, 2.24) is 9.80 Å². The third-order valence-electron chi connectivity index (χ3n) is 12.9. The quantitative estimate of drug-likeness (QED) is 0.253. The number of carbonyl (C=O) groups excluding carboxylic acids is 1. The second-order valence-electron chi connectivity index (χ2n) is 14.7. The van der Waals surface area contributed by atoms with Gasteiger partial charge < -0.3 is 34.2 Å². The molecule has 3 saturated heterocycles. The molecule has 9 aliphatic rings. The number of rotatable bonds is 1. The number of carbonyl (C=O) groups is 1. The fraction of sp³-hybridized carbons (Fsp3) is 0.571. The first-order valence-corrected chi connectivity index (χ1v) is 18.0. The Balaban J connectivity index is 0.000000123. The van der Waals surface area contributed by atoms with E-state index in [1.54, 1.807) is 19.3 Å². The molecule has 13 heteroatoms. The number of allylic oxidation sites excluding steroid dienone is 3. The van der Waals surface area contributed by atoms with Gasteiger partial charge in [-0.2, -0.15) is 8.42 Å². The van der Waals surface area contributed by atoms with E-state index >= 15 is 0 Å². The Labute approximate surface area is 279 Å². The van der Waals surface area contributed by atoms with Crippen LogP contribution in [0.4, 0.5) is 0 Å². The monoisotopic (exact) mass is 682 g/mol. The van der Waals surface area contributed by atoms with Gasteiger partial charge in [0.05, 0.1) is 7.11 Å². The molecule has 11 atom stereocenters. The summed E-state index contributed by atoms with van der Waals surface area (Å²) >= 11 is 0. The van der Waals surface area contributed by atoms with Crippen LogP contribution in [-0.4, -0.2) is 108 Å². The van der Waals surface area contributed by atoms with Gasteiger partial charge in [-0.15, -0.1) is 0 Å². The lowest BCUT2D eigenvalue weighted by atomic mass is 9.48. The van der Waals surface area contributed by atoms with Crippen molar-refractivity contribution in [2.45, 2.75) is 61.5 Å². The van der Waals surface area contributed by atoms with Crippen LogP contribution in [-0.2, 0) is 36.5 Å². The number of phenols is 1. The number of piperidine rings is 2. The number of likely N-dealkylation sites (N-methyl/N-ethyl adjacent to an activating group) is 1. The van der Waals surface area contributed by atoms with Crippen LogP contribution in [0, 0.1) is 29.1 Å². The topological polar surface area (TPSA) is 166 Å². The van der Waals surface area contributed by atoms with Crippen molar-refractivity contribution in [3.63, 3.8) is 0 Å². The maximum absolute atomic E-state index is 12.6. The highest BCUT2D eigenvalue weighted by molar-refractivity contribution is 7.79. The average molecular weight is 683 g/mol. The minimum atomic E-state index is -4.67. The van der Waals surface area contributed by atoms with E-state index in [2.05, 4.69) is 42.1 Å².